The molecule has 1 N–H and O–H groups in total. The topological polar surface area (TPSA) is 71.4 Å². The van der Waals surface area contributed by atoms with Crippen LogP contribution in [0, 0.1) is 5.41 Å². The zero-order valence-corrected chi connectivity index (χ0v) is 8.31. The number of aliphatic carboxylic acids is 1. The van der Waals surface area contributed by atoms with E-state index in [0.29, 0.717) is 0 Å². The molecule has 0 atom stereocenters. The third-order valence-corrected chi connectivity index (χ3v) is 2.62. The SMILES string of the molecule is CC(C)(CCS(C)(=O)=O)C(=O)O. The number of carboxylic acids is 1. The van der Waals surface area contributed by atoms with Gasteiger partial charge in [-0.2, -0.15) is 0 Å². The Morgan fingerprint density at radius 3 is 2.08 bits per heavy atom. The summed E-state index contributed by atoms with van der Waals surface area (Å²) in [5.41, 5.74) is -0.955. The molecule has 0 saturated heterocycles. The molecular formula is C7H14O4S. The van der Waals surface area contributed by atoms with E-state index in [0.717, 1.165) is 6.26 Å². The highest BCUT2D eigenvalue weighted by atomic mass is 32.2. The molecule has 0 radical (unpaired) electrons. The van der Waals surface area contributed by atoms with Crippen LogP contribution >= 0.6 is 0 Å². The van der Waals surface area contributed by atoms with Crippen LogP contribution in [0.1, 0.15) is 20.3 Å². The molecule has 12 heavy (non-hydrogen) atoms. The van der Waals surface area contributed by atoms with Gasteiger partial charge >= 0.3 is 5.97 Å². The molecule has 0 aromatic heterocycles. The van der Waals surface area contributed by atoms with E-state index in [1.807, 2.05) is 0 Å². The van der Waals surface area contributed by atoms with Gasteiger partial charge in [0.15, 0.2) is 0 Å². The van der Waals surface area contributed by atoms with Crippen molar-refractivity contribution in [3.63, 3.8) is 0 Å². The molecule has 0 aliphatic heterocycles. The van der Waals surface area contributed by atoms with Gasteiger partial charge in [0, 0.05) is 6.26 Å². The second-order valence-corrected chi connectivity index (χ2v) is 5.83. The zero-order chi connectivity index (χ0) is 9.99. The van der Waals surface area contributed by atoms with Gasteiger partial charge < -0.3 is 5.11 Å². The lowest BCUT2D eigenvalue weighted by Crippen LogP contribution is -2.26. The molecule has 0 saturated carbocycles. The van der Waals surface area contributed by atoms with Crippen molar-refractivity contribution in [3.05, 3.63) is 0 Å². The minimum atomic E-state index is -3.05. The van der Waals surface area contributed by atoms with Gasteiger partial charge in [0.25, 0.3) is 0 Å². The molecule has 0 amide bonds. The first kappa shape index (κ1) is 11.4. The van der Waals surface area contributed by atoms with Crippen LogP contribution in [0.2, 0.25) is 0 Å². The lowest BCUT2D eigenvalue weighted by Gasteiger charge is -2.17. The Bertz CT molecular complexity index is 263. The Labute approximate surface area is 72.5 Å². The maximum absolute atomic E-state index is 10.7. The Kier molecular flexibility index (Phi) is 3.26. The van der Waals surface area contributed by atoms with E-state index in [2.05, 4.69) is 0 Å². The van der Waals surface area contributed by atoms with E-state index in [4.69, 9.17) is 5.11 Å². The van der Waals surface area contributed by atoms with Gasteiger partial charge in [-0.15, -0.1) is 0 Å². The molecule has 0 fully saturated rings. The molecular weight excluding hydrogens is 180 g/mol. The Morgan fingerprint density at radius 2 is 1.83 bits per heavy atom. The van der Waals surface area contributed by atoms with Gasteiger partial charge in [-0.25, -0.2) is 8.42 Å². The minimum absolute atomic E-state index is 0.0771. The van der Waals surface area contributed by atoms with E-state index in [-0.39, 0.29) is 12.2 Å². The molecule has 0 heterocycles. The molecule has 72 valence electrons. The summed E-state index contributed by atoms with van der Waals surface area (Å²) in [6, 6.07) is 0. The number of carboxylic acid groups (broad SMARTS) is 1. The van der Waals surface area contributed by atoms with Crippen LogP contribution in [0.5, 0.6) is 0 Å². The largest absolute Gasteiger partial charge is 0.481 e. The number of carbonyl (C=O) groups is 1. The number of hydrogen-bond acceptors (Lipinski definition) is 3. The molecule has 0 unspecified atom stereocenters. The standard InChI is InChI=1S/C7H14O4S/c1-7(2,6(8)9)4-5-12(3,10)11/h4-5H2,1-3H3,(H,8,9). The monoisotopic (exact) mass is 194 g/mol. The third-order valence-electron chi connectivity index (χ3n) is 1.68. The summed E-state index contributed by atoms with van der Waals surface area (Å²) >= 11 is 0. The van der Waals surface area contributed by atoms with Crippen LogP contribution in [-0.2, 0) is 14.6 Å². The first-order valence-corrected chi connectivity index (χ1v) is 5.62. The second-order valence-electron chi connectivity index (χ2n) is 3.57. The highest BCUT2D eigenvalue weighted by Crippen LogP contribution is 2.20. The van der Waals surface area contributed by atoms with Crippen molar-refractivity contribution in [3.8, 4) is 0 Å². The van der Waals surface area contributed by atoms with Gasteiger partial charge in [-0.05, 0) is 20.3 Å². The number of sulfone groups is 1. The van der Waals surface area contributed by atoms with Crippen molar-refractivity contribution < 1.29 is 18.3 Å². The van der Waals surface area contributed by atoms with Gasteiger partial charge in [-0.3, -0.25) is 4.79 Å². The maximum atomic E-state index is 10.7. The summed E-state index contributed by atoms with van der Waals surface area (Å²) in [6.45, 7) is 3.03. The number of rotatable bonds is 4. The first-order chi connectivity index (χ1) is 5.15. The highest BCUT2D eigenvalue weighted by molar-refractivity contribution is 7.90. The molecule has 0 bridgehead atoms. The molecule has 0 aromatic carbocycles. The summed E-state index contributed by atoms with van der Waals surface area (Å²) in [5, 5.41) is 8.64. The van der Waals surface area contributed by atoms with E-state index < -0.39 is 21.2 Å². The summed E-state index contributed by atoms with van der Waals surface area (Å²) in [5.74, 6) is -1.04. The third kappa shape index (κ3) is 4.33. The maximum Gasteiger partial charge on any atom is 0.309 e. The predicted molar refractivity (Wildman–Crippen MR) is 45.7 cm³/mol. The van der Waals surface area contributed by atoms with E-state index in [1.165, 1.54) is 13.8 Å². The predicted octanol–water partition coefficient (Wildman–Crippen LogP) is 0.532. The first-order valence-electron chi connectivity index (χ1n) is 3.56. The van der Waals surface area contributed by atoms with Crippen molar-refractivity contribution in [2.75, 3.05) is 12.0 Å². The van der Waals surface area contributed by atoms with Crippen LogP contribution in [0.3, 0.4) is 0 Å². The molecule has 0 aromatic rings. The summed E-state index contributed by atoms with van der Waals surface area (Å²) in [7, 11) is -3.05. The molecule has 0 aliphatic rings. The van der Waals surface area contributed by atoms with Crippen molar-refractivity contribution in [1.82, 2.24) is 0 Å². The van der Waals surface area contributed by atoms with Crippen molar-refractivity contribution >= 4 is 15.8 Å². The molecule has 0 spiro atoms. The Balaban J connectivity index is 4.20. The molecule has 0 rings (SSSR count). The Hall–Kier alpha value is -0.580. The Morgan fingerprint density at radius 1 is 1.42 bits per heavy atom. The average Bonchev–Trinajstić information content (AvgIpc) is 1.82. The fourth-order valence-corrected chi connectivity index (χ4v) is 1.43. The number of hydrogen-bond donors (Lipinski definition) is 1. The van der Waals surface area contributed by atoms with Gasteiger partial charge in [0.2, 0.25) is 0 Å². The highest BCUT2D eigenvalue weighted by Gasteiger charge is 2.27. The fraction of sp³-hybridized carbons (Fsp3) is 0.857. The molecule has 0 aliphatic carbocycles. The summed E-state index contributed by atoms with van der Waals surface area (Å²) in [4.78, 5) is 10.5. The normalized spacial score (nSPS) is 12.9. The van der Waals surface area contributed by atoms with Crippen molar-refractivity contribution in [2.24, 2.45) is 5.41 Å². The second kappa shape index (κ2) is 3.43. The minimum Gasteiger partial charge on any atom is -0.481 e. The van der Waals surface area contributed by atoms with Crippen LogP contribution in [0.25, 0.3) is 0 Å². The molecule has 4 nitrogen and oxygen atoms in total. The van der Waals surface area contributed by atoms with Crippen molar-refractivity contribution in [2.45, 2.75) is 20.3 Å². The quantitative estimate of drug-likeness (QED) is 0.708. The van der Waals surface area contributed by atoms with Gasteiger partial charge in [-0.1, -0.05) is 0 Å². The van der Waals surface area contributed by atoms with Crippen molar-refractivity contribution in [1.29, 1.82) is 0 Å². The molecule has 5 heteroatoms. The van der Waals surface area contributed by atoms with Crippen LogP contribution in [0.4, 0.5) is 0 Å². The van der Waals surface area contributed by atoms with E-state index >= 15 is 0 Å². The summed E-state index contributed by atoms with van der Waals surface area (Å²) in [6.07, 6.45) is 1.26. The van der Waals surface area contributed by atoms with Crippen LogP contribution in [-0.4, -0.2) is 31.5 Å². The fourth-order valence-electron chi connectivity index (χ4n) is 0.547. The lowest BCUT2D eigenvalue weighted by atomic mass is 9.91. The van der Waals surface area contributed by atoms with Crippen LogP contribution in [0.15, 0.2) is 0 Å². The van der Waals surface area contributed by atoms with Gasteiger partial charge in [0.1, 0.15) is 9.84 Å². The smallest absolute Gasteiger partial charge is 0.309 e. The van der Waals surface area contributed by atoms with E-state index in [9.17, 15) is 13.2 Å². The van der Waals surface area contributed by atoms with E-state index in [1.54, 1.807) is 0 Å². The van der Waals surface area contributed by atoms with Gasteiger partial charge in [0.05, 0.1) is 11.2 Å². The lowest BCUT2D eigenvalue weighted by molar-refractivity contribution is -0.146. The average molecular weight is 194 g/mol. The van der Waals surface area contributed by atoms with Crippen LogP contribution < -0.4 is 0 Å². The summed E-state index contributed by atoms with van der Waals surface area (Å²) < 4.78 is 21.4. The zero-order valence-electron chi connectivity index (χ0n) is 7.49.